The summed E-state index contributed by atoms with van der Waals surface area (Å²) >= 11 is 0. The van der Waals surface area contributed by atoms with E-state index in [1.54, 1.807) is 0 Å². The first kappa shape index (κ1) is 20.0. The van der Waals surface area contributed by atoms with Crippen LogP contribution in [0.25, 0.3) is 66.3 Å². The molecule has 0 spiro atoms. The first-order valence-electron chi connectivity index (χ1n) is 11.6. The molecule has 0 N–H and O–H groups in total. The third-order valence-corrected chi connectivity index (χ3v) is 6.94. The molecule has 4 heteroatoms. The van der Waals surface area contributed by atoms with Crippen molar-refractivity contribution in [3.8, 4) is 22.4 Å². The van der Waals surface area contributed by atoms with Crippen LogP contribution in [-0.4, -0.2) is 0 Å². The second-order valence-electron chi connectivity index (χ2n) is 9.04. The highest BCUT2D eigenvalue weighted by Crippen LogP contribution is 2.42. The second-order valence-corrected chi connectivity index (χ2v) is 9.04. The molecular formula is C31H21FNO2+. The molecule has 0 atom stereocenters. The van der Waals surface area contributed by atoms with Crippen molar-refractivity contribution in [1.82, 2.24) is 0 Å². The van der Waals surface area contributed by atoms with Gasteiger partial charge in [-0.3, -0.25) is 0 Å². The van der Waals surface area contributed by atoms with E-state index in [1.807, 2.05) is 73.9 Å². The molecule has 3 aromatic heterocycles. The van der Waals surface area contributed by atoms with Gasteiger partial charge in [-0.15, -0.1) is 0 Å². The van der Waals surface area contributed by atoms with Crippen molar-refractivity contribution in [1.29, 1.82) is 0 Å². The van der Waals surface area contributed by atoms with Crippen molar-refractivity contribution in [2.24, 2.45) is 7.05 Å². The number of hydrogen-bond donors (Lipinski definition) is 0. The van der Waals surface area contributed by atoms with E-state index in [4.69, 9.17) is 8.83 Å². The van der Waals surface area contributed by atoms with E-state index in [2.05, 4.69) is 29.7 Å². The minimum Gasteiger partial charge on any atom is -0.456 e. The monoisotopic (exact) mass is 458 g/mol. The summed E-state index contributed by atoms with van der Waals surface area (Å²) in [4.78, 5) is 0. The summed E-state index contributed by atoms with van der Waals surface area (Å²) in [6.45, 7) is 2.08. The Bertz CT molecular complexity index is 1940. The molecule has 168 valence electrons. The van der Waals surface area contributed by atoms with Crippen LogP contribution in [0, 0.1) is 12.7 Å². The van der Waals surface area contributed by atoms with Gasteiger partial charge in [0.2, 0.25) is 5.69 Å². The number of aryl methyl sites for hydroxylation is 2. The number of pyridine rings is 1. The van der Waals surface area contributed by atoms with Crippen LogP contribution in [0.15, 0.2) is 100.0 Å². The van der Waals surface area contributed by atoms with Gasteiger partial charge in [0.15, 0.2) is 6.20 Å². The van der Waals surface area contributed by atoms with Crippen LogP contribution in [0.5, 0.6) is 0 Å². The molecule has 0 aliphatic rings. The fourth-order valence-electron chi connectivity index (χ4n) is 5.23. The van der Waals surface area contributed by atoms with E-state index < -0.39 is 0 Å². The highest BCUT2D eigenvalue weighted by molar-refractivity contribution is 6.14. The molecule has 0 saturated heterocycles. The summed E-state index contributed by atoms with van der Waals surface area (Å²) in [5.41, 5.74) is 7.31. The van der Waals surface area contributed by atoms with Crippen LogP contribution < -0.4 is 4.57 Å². The Morgan fingerprint density at radius 1 is 0.657 bits per heavy atom. The lowest BCUT2D eigenvalue weighted by atomic mass is 9.98. The van der Waals surface area contributed by atoms with Gasteiger partial charge in [0.05, 0.1) is 11.1 Å². The summed E-state index contributed by atoms with van der Waals surface area (Å²) in [5, 5.41) is 3.84. The molecule has 0 amide bonds. The minimum absolute atomic E-state index is 0.313. The fourth-order valence-corrected chi connectivity index (χ4v) is 5.23. The number of aromatic nitrogens is 1. The van der Waals surface area contributed by atoms with E-state index in [0.29, 0.717) is 11.1 Å². The summed E-state index contributed by atoms with van der Waals surface area (Å²) in [7, 11) is 2.02. The number of hydrogen-bond acceptors (Lipinski definition) is 2. The Morgan fingerprint density at radius 2 is 1.40 bits per heavy atom. The molecule has 3 heterocycles. The average molecular weight is 459 g/mol. The van der Waals surface area contributed by atoms with Crippen LogP contribution in [0.2, 0.25) is 0 Å². The molecule has 0 aliphatic heterocycles. The molecule has 0 aliphatic carbocycles. The van der Waals surface area contributed by atoms with Crippen molar-refractivity contribution in [3.63, 3.8) is 0 Å². The van der Waals surface area contributed by atoms with Gasteiger partial charge in [0.25, 0.3) is 0 Å². The predicted molar refractivity (Wildman–Crippen MR) is 138 cm³/mol. The van der Waals surface area contributed by atoms with Crippen LogP contribution in [0.1, 0.15) is 5.56 Å². The third kappa shape index (κ3) is 2.86. The molecule has 0 radical (unpaired) electrons. The van der Waals surface area contributed by atoms with E-state index in [1.165, 1.54) is 6.07 Å². The molecule has 0 bridgehead atoms. The van der Waals surface area contributed by atoms with Gasteiger partial charge in [-0.2, -0.15) is 0 Å². The Balaban J connectivity index is 1.55. The Kier molecular flexibility index (Phi) is 4.15. The summed E-state index contributed by atoms with van der Waals surface area (Å²) in [6, 6.07) is 27.3. The summed E-state index contributed by atoms with van der Waals surface area (Å²) in [5.74, 6) is -0.313. The molecule has 35 heavy (non-hydrogen) atoms. The maximum absolute atomic E-state index is 15.5. The van der Waals surface area contributed by atoms with Gasteiger partial charge in [-0.05, 0) is 54.4 Å². The Hall–Kier alpha value is -4.44. The van der Waals surface area contributed by atoms with Gasteiger partial charge in [0.1, 0.15) is 35.2 Å². The zero-order chi connectivity index (χ0) is 23.7. The molecule has 0 saturated carbocycles. The maximum atomic E-state index is 15.5. The van der Waals surface area contributed by atoms with Gasteiger partial charge in [0, 0.05) is 33.7 Å². The zero-order valence-electron chi connectivity index (χ0n) is 19.3. The van der Waals surface area contributed by atoms with E-state index in [9.17, 15) is 0 Å². The average Bonchev–Trinajstić information content (AvgIpc) is 3.42. The lowest BCUT2D eigenvalue weighted by Crippen LogP contribution is -2.30. The van der Waals surface area contributed by atoms with Crippen molar-refractivity contribution >= 4 is 43.9 Å². The quantitative estimate of drug-likeness (QED) is 0.245. The minimum atomic E-state index is -0.313. The molecule has 7 aromatic rings. The molecule has 0 fully saturated rings. The lowest BCUT2D eigenvalue weighted by Gasteiger charge is -2.05. The van der Waals surface area contributed by atoms with Crippen molar-refractivity contribution < 1.29 is 17.8 Å². The zero-order valence-corrected chi connectivity index (χ0v) is 19.3. The van der Waals surface area contributed by atoms with Gasteiger partial charge in [-0.25, -0.2) is 8.96 Å². The topological polar surface area (TPSA) is 30.2 Å². The van der Waals surface area contributed by atoms with Gasteiger partial charge < -0.3 is 8.83 Å². The predicted octanol–water partition coefficient (Wildman–Crippen LogP) is 8.09. The number of para-hydroxylation sites is 1. The highest BCUT2D eigenvalue weighted by atomic mass is 19.1. The maximum Gasteiger partial charge on any atom is 0.216 e. The molecular weight excluding hydrogens is 437 g/mol. The Morgan fingerprint density at radius 3 is 2.26 bits per heavy atom. The van der Waals surface area contributed by atoms with Crippen LogP contribution in [0.4, 0.5) is 4.39 Å². The van der Waals surface area contributed by atoms with E-state index in [-0.39, 0.29) is 5.82 Å². The first-order chi connectivity index (χ1) is 17.1. The normalized spacial score (nSPS) is 11.9. The van der Waals surface area contributed by atoms with Gasteiger partial charge in [-0.1, -0.05) is 36.4 Å². The van der Waals surface area contributed by atoms with Crippen molar-refractivity contribution in [3.05, 3.63) is 103 Å². The second kappa shape index (κ2) is 7.28. The Labute approximate surface area is 200 Å². The molecule has 4 aromatic carbocycles. The lowest BCUT2D eigenvalue weighted by molar-refractivity contribution is -0.660. The molecule has 3 nitrogen and oxygen atoms in total. The van der Waals surface area contributed by atoms with E-state index in [0.717, 1.165) is 60.7 Å². The van der Waals surface area contributed by atoms with E-state index >= 15 is 4.39 Å². The van der Waals surface area contributed by atoms with Crippen LogP contribution in [0.3, 0.4) is 0 Å². The van der Waals surface area contributed by atoms with Crippen LogP contribution in [-0.2, 0) is 7.05 Å². The number of benzene rings is 4. The number of furan rings is 2. The number of fused-ring (bicyclic) bond motifs is 6. The summed E-state index contributed by atoms with van der Waals surface area (Å²) in [6.07, 6.45) is 2.02. The smallest absolute Gasteiger partial charge is 0.216 e. The third-order valence-electron chi connectivity index (χ3n) is 6.94. The summed E-state index contributed by atoms with van der Waals surface area (Å²) < 4.78 is 30.1. The first-order valence-corrected chi connectivity index (χ1v) is 11.6. The van der Waals surface area contributed by atoms with Gasteiger partial charge >= 0.3 is 0 Å². The molecule has 0 unspecified atom stereocenters. The fraction of sp³-hybridized carbons (Fsp3) is 0.0645. The largest absolute Gasteiger partial charge is 0.456 e. The highest BCUT2D eigenvalue weighted by Gasteiger charge is 2.23. The van der Waals surface area contributed by atoms with Crippen molar-refractivity contribution in [2.75, 3.05) is 0 Å². The number of halogens is 1. The number of nitrogens with zero attached hydrogens (tertiary/aromatic N) is 1. The standard InChI is InChI=1S/C31H21FNO2/c1-18-10-12-21-22-13-14-24(32)29(31(22)35-30(21)28(18)25-8-5-6-16-33(25)2)19-11-15-27-23(17-19)20-7-3-4-9-26(20)34-27/h3-17H,1-2H3/q+1. The molecule has 7 rings (SSSR count). The SMILES string of the molecule is Cc1ccc2c(oc3c(-c4ccc5oc6ccccc6c5c4)c(F)ccc32)c1-c1cccc[n+]1C. The van der Waals surface area contributed by atoms with Crippen molar-refractivity contribution in [2.45, 2.75) is 6.92 Å². The number of rotatable bonds is 2. The van der Waals surface area contributed by atoms with Crippen LogP contribution >= 0.6 is 0 Å².